The molecule has 0 N–H and O–H groups in total. The number of hydrogen-bond acceptors (Lipinski definition) is 8. The molecular formula is C22H23BN4O5S. The largest absolute Gasteiger partial charge is 0.497 e. The van der Waals surface area contributed by atoms with E-state index in [2.05, 4.69) is 15.1 Å². The molecule has 3 aromatic heterocycles. The average Bonchev–Trinajstić information content (AvgIpc) is 3.42. The maximum absolute atomic E-state index is 13.6. The Balaban J connectivity index is 1.73. The zero-order valence-corrected chi connectivity index (χ0v) is 19.8. The average molecular weight is 466 g/mol. The standard InChI is InChI=1S/C22H23BN4O5S/c1-14-24-19(26-30-14)18-12-11-16-17(23-31-21(2,3)22(4,5)32-23)13-27(20(16)25-18)33(28,29)15-9-7-6-8-10-15/h6-13H,1-5H3. The van der Waals surface area contributed by atoms with Crippen molar-refractivity contribution in [2.24, 2.45) is 0 Å². The predicted molar refractivity (Wildman–Crippen MR) is 123 cm³/mol. The van der Waals surface area contributed by atoms with Crippen molar-refractivity contribution in [3.05, 3.63) is 54.6 Å². The van der Waals surface area contributed by atoms with Crippen LogP contribution in [0.3, 0.4) is 0 Å². The number of nitrogens with zero attached hydrogens (tertiary/aromatic N) is 4. The van der Waals surface area contributed by atoms with Crippen molar-refractivity contribution in [3.63, 3.8) is 0 Å². The highest BCUT2D eigenvalue weighted by atomic mass is 32.2. The molecule has 11 heteroatoms. The van der Waals surface area contributed by atoms with Gasteiger partial charge in [-0.3, -0.25) is 0 Å². The van der Waals surface area contributed by atoms with E-state index in [1.807, 2.05) is 27.7 Å². The molecule has 9 nitrogen and oxygen atoms in total. The molecule has 0 aliphatic carbocycles. The van der Waals surface area contributed by atoms with E-state index >= 15 is 0 Å². The summed E-state index contributed by atoms with van der Waals surface area (Å²) < 4.78 is 45.8. The highest BCUT2D eigenvalue weighted by Crippen LogP contribution is 2.37. The van der Waals surface area contributed by atoms with E-state index in [1.165, 1.54) is 6.20 Å². The van der Waals surface area contributed by atoms with Crippen molar-refractivity contribution in [3.8, 4) is 11.5 Å². The zero-order valence-electron chi connectivity index (χ0n) is 18.9. The van der Waals surface area contributed by atoms with Crippen LogP contribution in [0.1, 0.15) is 33.6 Å². The first-order valence-electron chi connectivity index (χ1n) is 10.5. The van der Waals surface area contributed by atoms with E-state index in [1.54, 1.807) is 49.4 Å². The number of hydrogen-bond donors (Lipinski definition) is 0. The summed E-state index contributed by atoms with van der Waals surface area (Å²) in [7, 11) is -4.71. The Hall–Kier alpha value is -3.02. The second-order valence-electron chi connectivity index (χ2n) is 8.99. The molecule has 0 spiro atoms. The highest BCUT2D eigenvalue weighted by molar-refractivity contribution is 7.90. The van der Waals surface area contributed by atoms with Crippen LogP contribution in [-0.4, -0.2) is 45.8 Å². The van der Waals surface area contributed by atoms with Gasteiger partial charge in [-0.1, -0.05) is 23.4 Å². The van der Waals surface area contributed by atoms with E-state index in [-0.39, 0.29) is 16.4 Å². The van der Waals surface area contributed by atoms with Gasteiger partial charge in [-0.2, -0.15) is 4.98 Å². The molecule has 1 aliphatic heterocycles. The van der Waals surface area contributed by atoms with Gasteiger partial charge >= 0.3 is 7.12 Å². The lowest BCUT2D eigenvalue weighted by atomic mass is 9.79. The zero-order chi connectivity index (χ0) is 23.6. The SMILES string of the molecule is Cc1nc(-c2ccc3c(B4OC(C)(C)C(C)(C)O4)cn(S(=O)(=O)c4ccccc4)c3n2)no1. The molecular weight excluding hydrogens is 443 g/mol. The third-order valence-corrected chi connectivity index (χ3v) is 7.88. The molecule has 1 fully saturated rings. The Morgan fingerprint density at radius 1 is 0.939 bits per heavy atom. The molecule has 1 saturated heterocycles. The molecule has 1 aliphatic rings. The molecule has 0 radical (unpaired) electrons. The lowest BCUT2D eigenvalue weighted by molar-refractivity contribution is 0.00578. The molecule has 0 bridgehead atoms. The van der Waals surface area contributed by atoms with Gasteiger partial charge < -0.3 is 13.8 Å². The summed E-state index contributed by atoms with van der Waals surface area (Å²) in [4.78, 5) is 8.96. The van der Waals surface area contributed by atoms with Crippen LogP contribution in [0.5, 0.6) is 0 Å². The Kier molecular flexibility index (Phi) is 4.79. The maximum Gasteiger partial charge on any atom is 0.497 e. The van der Waals surface area contributed by atoms with Crippen LogP contribution in [-0.2, 0) is 19.3 Å². The lowest BCUT2D eigenvalue weighted by Crippen LogP contribution is -2.41. The van der Waals surface area contributed by atoms with Crippen molar-refractivity contribution in [1.82, 2.24) is 19.1 Å². The fourth-order valence-electron chi connectivity index (χ4n) is 3.67. The predicted octanol–water partition coefficient (Wildman–Crippen LogP) is 2.93. The Bertz CT molecular complexity index is 1440. The Morgan fingerprint density at radius 3 is 2.21 bits per heavy atom. The number of fused-ring (bicyclic) bond motifs is 1. The van der Waals surface area contributed by atoms with Gasteiger partial charge in [0.15, 0.2) is 5.65 Å². The highest BCUT2D eigenvalue weighted by Gasteiger charge is 2.52. The summed E-state index contributed by atoms with van der Waals surface area (Å²) in [6.07, 6.45) is 1.52. The van der Waals surface area contributed by atoms with Crippen molar-refractivity contribution >= 4 is 33.6 Å². The number of benzene rings is 1. The topological polar surface area (TPSA) is 109 Å². The number of aromatic nitrogens is 4. The van der Waals surface area contributed by atoms with E-state index in [9.17, 15) is 8.42 Å². The van der Waals surface area contributed by atoms with Gasteiger partial charge in [0, 0.05) is 24.0 Å². The second-order valence-corrected chi connectivity index (χ2v) is 10.8. The number of rotatable bonds is 4. The normalized spacial score (nSPS) is 17.7. The Labute approximate surface area is 191 Å². The van der Waals surface area contributed by atoms with Gasteiger partial charge in [0.05, 0.1) is 16.1 Å². The van der Waals surface area contributed by atoms with Crippen LogP contribution in [0, 0.1) is 6.92 Å². The summed E-state index contributed by atoms with van der Waals surface area (Å²) >= 11 is 0. The molecule has 0 unspecified atom stereocenters. The molecule has 1 aromatic carbocycles. The van der Waals surface area contributed by atoms with Crippen LogP contribution in [0.25, 0.3) is 22.6 Å². The summed E-state index contributed by atoms with van der Waals surface area (Å²) in [5, 5.41) is 4.50. The fourth-order valence-corrected chi connectivity index (χ4v) is 5.02. The maximum atomic E-state index is 13.6. The first kappa shape index (κ1) is 21.8. The summed E-state index contributed by atoms with van der Waals surface area (Å²) in [6.45, 7) is 9.46. The second kappa shape index (κ2) is 7.24. The quantitative estimate of drug-likeness (QED) is 0.423. The van der Waals surface area contributed by atoms with E-state index < -0.39 is 28.3 Å². The molecule has 33 heavy (non-hydrogen) atoms. The minimum Gasteiger partial charge on any atom is -0.399 e. The molecule has 0 saturated carbocycles. The third kappa shape index (κ3) is 3.47. The lowest BCUT2D eigenvalue weighted by Gasteiger charge is -2.32. The first-order valence-corrected chi connectivity index (χ1v) is 11.9. The van der Waals surface area contributed by atoms with E-state index in [0.29, 0.717) is 22.4 Å². The van der Waals surface area contributed by atoms with Crippen molar-refractivity contribution in [2.75, 3.05) is 0 Å². The smallest absolute Gasteiger partial charge is 0.399 e. The molecule has 0 amide bonds. The van der Waals surface area contributed by atoms with Gasteiger partial charge in [-0.25, -0.2) is 17.4 Å². The monoisotopic (exact) mass is 466 g/mol. The van der Waals surface area contributed by atoms with Gasteiger partial charge in [0.25, 0.3) is 10.0 Å². The Morgan fingerprint density at radius 2 is 1.61 bits per heavy atom. The summed E-state index contributed by atoms with van der Waals surface area (Å²) in [5.41, 5.74) is 0.0253. The van der Waals surface area contributed by atoms with Crippen molar-refractivity contribution < 1.29 is 22.2 Å². The molecule has 170 valence electrons. The summed E-state index contributed by atoms with van der Waals surface area (Å²) in [5.74, 6) is 0.661. The fraction of sp³-hybridized carbons (Fsp3) is 0.318. The third-order valence-electron chi connectivity index (χ3n) is 6.22. The van der Waals surface area contributed by atoms with Crippen molar-refractivity contribution in [1.29, 1.82) is 0 Å². The van der Waals surface area contributed by atoms with E-state index in [0.717, 1.165) is 3.97 Å². The van der Waals surface area contributed by atoms with Gasteiger partial charge in [-0.05, 0) is 52.0 Å². The van der Waals surface area contributed by atoms with Crippen LogP contribution < -0.4 is 5.46 Å². The number of pyridine rings is 1. The van der Waals surface area contributed by atoms with Crippen LogP contribution in [0.2, 0.25) is 0 Å². The van der Waals surface area contributed by atoms with Crippen LogP contribution in [0.4, 0.5) is 0 Å². The first-order chi connectivity index (χ1) is 15.5. The summed E-state index contributed by atoms with van der Waals surface area (Å²) in [6, 6.07) is 11.7. The van der Waals surface area contributed by atoms with Crippen molar-refractivity contribution in [2.45, 2.75) is 50.7 Å². The minimum absolute atomic E-state index is 0.143. The van der Waals surface area contributed by atoms with Gasteiger partial charge in [0.2, 0.25) is 11.7 Å². The molecule has 5 rings (SSSR count). The van der Waals surface area contributed by atoms with Gasteiger partial charge in [-0.15, -0.1) is 0 Å². The molecule has 0 atom stereocenters. The molecule has 4 aromatic rings. The minimum atomic E-state index is -3.95. The molecule has 4 heterocycles. The van der Waals surface area contributed by atoms with Crippen LogP contribution >= 0.6 is 0 Å². The number of aryl methyl sites for hydroxylation is 1. The van der Waals surface area contributed by atoms with Crippen LogP contribution in [0.15, 0.2) is 58.1 Å². The van der Waals surface area contributed by atoms with E-state index in [4.69, 9.17) is 13.8 Å². The van der Waals surface area contributed by atoms with Gasteiger partial charge in [0.1, 0.15) is 5.69 Å².